The average Bonchev–Trinajstić information content (AvgIpc) is 3.29. The number of carbonyl (C=O) groups is 1. The number of benzene rings is 2. The normalized spacial score (nSPS) is 11.9. The lowest BCUT2D eigenvalue weighted by Gasteiger charge is -2.15. The number of halogens is 1. The van der Waals surface area contributed by atoms with Crippen molar-refractivity contribution in [3.63, 3.8) is 0 Å². The molecule has 0 saturated heterocycles. The number of amides is 1. The molecule has 37 heavy (non-hydrogen) atoms. The molecule has 0 spiro atoms. The molecule has 5 rings (SSSR count). The number of methoxy groups -OCH3 is 1. The van der Waals surface area contributed by atoms with Gasteiger partial charge in [-0.2, -0.15) is 0 Å². The number of nitrogens with zero attached hydrogens (tertiary/aromatic N) is 4. The van der Waals surface area contributed by atoms with Crippen LogP contribution in [0.1, 0.15) is 12.5 Å². The van der Waals surface area contributed by atoms with Gasteiger partial charge in [0.25, 0.3) is 0 Å². The zero-order valence-electron chi connectivity index (χ0n) is 20.2. The van der Waals surface area contributed by atoms with E-state index in [-0.39, 0.29) is 12.4 Å². The molecule has 188 valence electrons. The van der Waals surface area contributed by atoms with Crippen LogP contribution >= 0.6 is 11.3 Å². The van der Waals surface area contributed by atoms with E-state index >= 15 is 0 Å². The van der Waals surface area contributed by atoms with Crippen molar-refractivity contribution in [3.8, 4) is 22.2 Å². The molecule has 0 aliphatic heterocycles. The molecule has 1 atom stereocenters. The SMILES string of the molecule is COc1cnc2c(-c3nc4cc(F)c(OCC(C)OC(=O)Nc5cccnc5)cc4s3)cc(C)cc2n1. The van der Waals surface area contributed by atoms with Gasteiger partial charge in [-0.1, -0.05) is 0 Å². The van der Waals surface area contributed by atoms with Crippen LogP contribution in [0.15, 0.2) is 55.0 Å². The number of aromatic nitrogens is 4. The fourth-order valence-electron chi connectivity index (χ4n) is 3.67. The predicted molar refractivity (Wildman–Crippen MR) is 139 cm³/mol. The van der Waals surface area contributed by atoms with Crippen molar-refractivity contribution in [2.24, 2.45) is 0 Å². The molecule has 3 aromatic heterocycles. The minimum atomic E-state index is -0.654. The number of fused-ring (bicyclic) bond motifs is 2. The molecule has 9 nitrogen and oxygen atoms in total. The standard InChI is InChI=1S/C26H22FN5O4S/c1-14-7-17(24-20(8-14)31-23(34-3)12-29-24)25-32-19-9-18(27)21(10-22(19)37-25)35-13-15(2)36-26(33)30-16-5-4-6-28-11-16/h4-12,15H,13H2,1-3H3,(H,30,33). The Morgan fingerprint density at radius 3 is 2.81 bits per heavy atom. The van der Waals surface area contributed by atoms with Crippen LogP contribution in [-0.4, -0.2) is 45.8 Å². The molecule has 1 amide bonds. The Bertz CT molecular complexity index is 1600. The van der Waals surface area contributed by atoms with E-state index in [1.54, 1.807) is 44.6 Å². The molecule has 11 heteroatoms. The molecule has 5 aromatic rings. The van der Waals surface area contributed by atoms with Crippen LogP contribution < -0.4 is 14.8 Å². The van der Waals surface area contributed by atoms with Crippen molar-refractivity contribution in [1.29, 1.82) is 0 Å². The van der Waals surface area contributed by atoms with E-state index in [0.29, 0.717) is 33.1 Å². The number of hydrogen-bond acceptors (Lipinski definition) is 9. The van der Waals surface area contributed by atoms with E-state index in [1.165, 1.54) is 23.6 Å². The number of thiazole rings is 1. The van der Waals surface area contributed by atoms with E-state index in [2.05, 4.69) is 25.3 Å². The summed E-state index contributed by atoms with van der Waals surface area (Å²) in [5.74, 6) is -0.0931. The first kappa shape index (κ1) is 24.3. The first-order valence-electron chi connectivity index (χ1n) is 11.3. The van der Waals surface area contributed by atoms with E-state index in [1.807, 2.05) is 19.1 Å². The Balaban J connectivity index is 1.33. The minimum Gasteiger partial charge on any atom is -0.487 e. The number of nitrogens with one attached hydrogen (secondary N) is 1. The lowest BCUT2D eigenvalue weighted by Crippen LogP contribution is -2.25. The number of rotatable bonds is 7. The van der Waals surface area contributed by atoms with Gasteiger partial charge in [0.1, 0.15) is 17.7 Å². The third kappa shape index (κ3) is 5.41. The number of pyridine rings is 1. The smallest absolute Gasteiger partial charge is 0.412 e. The molecule has 0 fully saturated rings. The summed E-state index contributed by atoms with van der Waals surface area (Å²) in [6.45, 7) is 3.58. The lowest BCUT2D eigenvalue weighted by molar-refractivity contribution is 0.0844. The molecule has 3 heterocycles. The van der Waals surface area contributed by atoms with E-state index in [0.717, 1.165) is 15.8 Å². The van der Waals surface area contributed by atoms with Gasteiger partial charge in [-0.25, -0.2) is 24.1 Å². The molecular weight excluding hydrogens is 497 g/mol. The van der Waals surface area contributed by atoms with Crippen LogP contribution in [0.4, 0.5) is 14.9 Å². The third-order valence-electron chi connectivity index (χ3n) is 5.34. The second-order valence-corrected chi connectivity index (χ2v) is 9.29. The molecule has 0 aliphatic carbocycles. The van der Waals surface area contributed by atoms with Crippen molar-refractivity contribution >= 4 is 44.4 Å². The molecule has 0 saturated carbocycles. The maximum absolute atomic E-state index is 14.8. The highest BCUT2D eigenvalue weighted by Crippen LogP contribution is 2.37. The Labute approximate surface area is 215 Å². The van der Waals surface area contributed by atoms with Crippen molar-refractivity contribution < 1.29 is 23.4 Å². The van der Waals surface area contributed by atoms with Crippen molar-refractivity contribution in [2.75, 3.05) is 19.0 Å². The largest absolute Gasteiger partial charge is 0.487 e. The second kappa shape index (κ2) is 10.3. The van der Waals surface area contributed by atoms with Crippen LogP contribution in [-0.2, 0) is 4.74 Å². The minimum absolute atomic E-state index is 0.0332. The van der Waals surface area contributed by atoms with Crippen LogP contribution in [0.25, 0.3) is 31.8 Å². The third-order valence-corrected chi connectivity index (χ3v) is 6.39. The fourth-order valence-corrected chi connectivity index (χ4v) is 4.67. The highest BCUT2D eigenvalue weighted by molar-refractivity contribution is 7.21. The first-order chi connectivity index (χ1) is 17.9. The Kier molecular flexibility index (Phi) is 6.78. The summed E-state index contributed by atoms with van der Waals surface area (Å²) in [6, 6.07) is 10.2. The first-order valence-corrected chi connectivity index (χ1v) is 12.1. The predicted octanol–water partition coefficient (Wildman–Crippen LogP) is 5.77. The number of hydrogen-bond donors (Lipinski definition) is 1. The Morgan fingerprint density at radius 1 is 1.16 bits per heavy atom. The summed E-state index contributed by atoms with van der Waals surface area (Å²) in [4.78, 5) is 29.6. The van der Waals surface area contributed by atoms with E-state index < -0.39 is 18.0 Å². The van der Waals surface area contributed by atoms with Gasteiger partial charge in [-0.15, -0.1) is 11.3 Å². The van der Waals surface area contributed by atoms with E-state index in [4.69, 9.17) is 14.2 Å². The number of anilines is 1. The van der Waals surface area contributed by atoms with Crippen LogP contribution in [0, 0.1) is 12.7 Å². The maximum Gasteiger partial charge on any atom is 0.412 e. The van der Waals surface area contributed by atoms with Crippen LogP contribution in [0.2, 0.25) is 0 Å². The summed E-state index contributed by atoms with van der Waals surface area (Å²) >= 11 is 1.39. The van der Waals surface area contributed by atoms with Gasteiger partial charge in [-0.3, -0.25) is 10.3 Å². The van der Waals surface area contributed by atoms with Gasteiger partial charge in [0, 0.05) is 23.9 Å². The number of aryl methyl sites for hydroxylation is 1. The molecule has 1 N–H and O–H groups in total. The van der Waals surface area contributed by atoms with Gasteiger partial charge < -0.3 is 14.2 Å². The summed E-state index contributed by atoms with van der Waals surface area (Å²) < 4.78 is 31.7. The molecule has 0 aliphatic rings. The molecule has 1 unspecified atom stereocenters. The molecule has 0 radical (unpaired) electrons. The van der Waals surface area contributed by atoms with Crippen molar-refractivity contribution in [1.82, 2.24) is 19.9 Å². The number of ether oxygens (including phenoxy) is 3. The number of carbonyl (C=O) groups excluding carboxylic acids is 1. The highest BCUT2D eigenvalue weighted by Gasteiger charge is 2.17. The Hall–Kier alpha value is -4.38. The zero-order chi connectivity index (χ0) is 25.9. The topological polar surface area (TPSA) is 108 Å². The van der Waals surface area contributed by atoms with Gasteiger partial charge in [-0.05, 0) is 43.7 Å². The van der Waals surface area contributed by atoms with Crippen molar-refractivity contribution in [3.05, 3.63) is 66.4 Å². The Morgan fingerprint density at radius 2 is 2.03 bits per heavy atom. The van der Waals surface area contributed by atoms with Gasteiger partial charge in [0.2, 0.25) is 5.88 Å². The van der Waals surface area contributed by atoms with Gasteiger partial charge in [0.15, 0.2) is 11.6 Å². The molecule has 2 aromatic carbocycles. The van der Waals surface area contributed by atoms with Gasteiger partial charge in [0.05, 0.1) is 46.4 Å². The molecular formula is C26H22FN5O4S. The quantitative estimate of drug-likeness (QED) is 0.289. The maximum atomic E-state index is 14.8. The summed E-state index contributed by atoms with van der Waals surface area (Å²) in [6.07, 6.45) is 3.37. The monoisotopic (exact) mass is 519 g/mol. The highest BCUT2D eigenvalue weighted by atomic mass is 32.1. The van der Waals surface area contributed by atoms with Crippen LogP contribution in [0.5, 0.6) is 11.6 Å². The average molecular weight is 520 g/mol. The van der Waals surface area contributed by atoms with E-state index in [9.17, 15) is 9.18 Å². The van der Waals surface area contributed by atoms with Gasteiger partial charge >= 0.3 is 6.09 Å². The zero-order valence-corrected chi connectivity index (χ0v) is 21.0. The van der Waals surface area contributed by atoms with Crippen molar-refractivity contribution in [2.45, 2.75) is 20.0 Å². The van der Waals surface area contributed by atoms with Crippen LogP contribution in [0.3, 0.4) is 0 Å². The summed E-state index contributed by atoms with van der Waals surface area (Å²) in [5.41, 5.74) is 4.16. The lowest BCUT2D eigenvalue weighted by atomic mass is 10.1. The summed E-state index contributed by atoms with van der Waals surface area (Å²) in [7, 11) is 1.54. The molecule has 0 bridgehead atoms. The fraction of sp³-hybridized carbons (Fsp3) is 0.192. The second-order valence-electron chi connectivity index (χ2n) is 8.26. The summed E-state index contributed by atoms with van der Waals surface area (Å²) in [5, 5.41) is 3.26.